The lowest BCUT2D eigenvalue weighted by molar-refractivity contribution is -0.167. The number of hydrogen-bond acceptors (Lipinski definition) is 6. The molecule has 0 aromatic rings. The number of esters is 3. The molecule has 0 N–H and O–H groups in total. The summed E-state index contributed by atoms with van der Waals surface area (Å²) in [4.78, 5) is 37.8. The van der Waals surface area contributed by atoms with Crippen LogP contribution in [0, 0.1) is 0 Å². The van der Waals surface area contributed by atoms with Crippen LogP contribution < -0.4 is 0 Å². The lowest BCUT2D eigenvalue weighted by Crippen LogP contribution is -2.30. The number of allylic oxidation sites excluding steroid dienone is 20. The van der Waals surface area contributed by atoms with E-state index in [1.54, 1.807) is 0 Å². The zero-order valence-electron chi connectivity index (χ0n) is 39.6. The Morgan fingerprint density at radius 2 is 0.710 bits per heavy atom. The molecule has 0 fully saturated rings. The van der Waals surface area contributed by atoms with Crippen molar-refractivity contribution in [1.29, 1.82) is 0 Å². The van der Waals surface area contributed by atoms with Gasteiger partial charge in [-0.1, -0.05) is 219 Å². The second-order valence-electron chi connectivity index (χ2n) is 15.8. The summed E-state index contributed by atoms with van der Waals surface area (Å²) in [7, 11) is 0. The van der Waals surface area contributed by atoms with Crippen molar-refractivity contribution in [3.8, 4) is 0 Å². The van der Waals surface area contributed by atoms with E-state index in [1.165, 1.54) is 70.6 Å². The Balaban J connectivity index is 4.58. The zero-order valence-corrected chi connectivity index (χ0v) is 39.6. The molecule has 0 amide bonds. The van der Waals surface area contributed by atoms with Gasteiger partial charge < -0.3 is 14.2 Å². The van der Waals surface area contributed by atoms with Crippen LogP contribution in [0.2, 0.25) is 0 Å². The highest BCUT2D eigenvalue weighted by molar-refractivity contribution is 5.71. The van der Waals surface area contributed by atoms with Crippen molar-refractivity contribution in [2.75, 3.05) is 13.2 Å². The molecule has 348 valence electrons. The van der Waals surface area contributed by atoms with Crippen molar-refractivity contribution >= 4 is 17.9 Å². The number of ether oxygens (including phenoxy) is 3. The van der Waals surface area contributed by atoms with E-state index in [0.717, 1.165) is 77.0 Å². The zero-order chi connectivity index (χ0) is 45.1. The van der Waals surface area contributed by atoms with Crippen LogP contribution in [0.5, 0.6) is 0 Å². The van der Waals surface area contributed by atoms with E-state index in [1.807, 2.05) is 60.8 Å². The third-order valence-electron chi connectivity index (χ3n) is 9.86. The fraction of sp³-hybridized carbons (Fsp3) is 0.589. The average Bonchev–Trinajstić information content (AvgIpc) is 3.27. The third-order valence-corrected chi connectivity index (χ3v) is 9.86. The maximum atomic E-state index is 12.8. The predicted octanol–water partition coefficient (Wildman–Crippen LogP) is 16.1. The van der Waals surface area contributed by atoms with E-state index in [4.69, 9.17) is 14.2 Å². The first-order valence-electron chi connectivity index (χ1n) is 24.6. The van der Waals surface area contributed by atoms with Gasteiger partial charge in [0.25, 0.3) is 0 Å². The van der Waals surface area contributed by atoms with E-state index >= 15 is 0 Å². The van der Waals surface area contributed by atoms with E-state index in [-0.39, 0.29) is 37.5 Å². The highest BCUT2D eigenvalue weighted by atomic mass is 16.6. The van der Waals surface area contributed by atoms with Gasteiger partial charge in [0, 0.05) is 19.3 Å². The van der Waals surface area contributed by atoms with Crippen LogP contribution in [0.4, 0.5) is 0 Å². The number of carbonyl (C=O) groups excluding carboxylic acids is 3. The predicted molar refractivity (Wildman–Crippen MR) is 265 cm³/mol. The summed E-state index contributed by atoms with van der Waals surface area (Å²) in [6, 6.07) is 0. The van der Waals surface area contributed by atoms with Crippen LogP contribution in [-0.4, -0.2) is 37.2 Å². The molecule has 1 unspecified atom stereocenters. The summed E-state index contributed by atoms with van der Waals surface area (Å²) in [5.74, 6) is -1.03. The maximum absolute atomic E-state index is 12.8. The van der Waals surface area contributed by atoms with Crippen LogP contribution in [0.15, 0.2) is 122 Å². The summed E-state index contributed by atoms with van der Waals surface area (Å²) in [6.07, 6.45) is 67.5. The summed E-state index contributed by atoms with van der Waals surface area (Å²) in [5.41, 5.74) is 0. The number of carbonyl (C=O) groups is 3. The monoisotopic (exact) mass is 857 g/mol. The molecule has 1 atom stereocenters. The Morgan fingerprint density at radius 1 is 0.355 bits per heavy atom. The second-order valence-corrected chi connectivity index (χ2v) is 15.8. The average molecular weight is 857 g/mol. The smallest absolute Gasteiger partial charge is 0.306 e. The molecule has 0 aliphatic carbocycles. The van der Waals surface area contributed by atoms with Crippen LogP contribution in [0.1, 0.15) is 194 Å². The maximum Gasteiger partial charge on any atom is 0.306 e. The van der Waals surface area contributed by atoms with Crippen LogP contribution in [0.3, 0.4) is 0 Å². The molecule has 6 nitrogen and oxygen atoms in total. The fourth-order valence-electron chi connectivity index (χ4n) is 6.17. The van der Waals surface area contributed by atoms with Gasteiger partial charge in [-0.3, -0.25) is 14.4 Å². The SMILES string of the molecule is CC\C=C/C=C\C=C/C=C\C=C\C=C/CCCCCC(=O)OCC(COC(=O)CCCCCCCCCCCC)OC(=O)CCC/C=C\C/C=C\C/C=C\C/C=C\CCCCC. The van der Waals surface area contributed by atoms with E-state index in [2.05, 4.69) is 81.5 Å². The van der Waals surface area contributed by atoms with Gasteiger partial charge in [-0.15, -0.1) is 0 Å². The molecule has 0 saturated heterocycles. The third kappa shape index (κ3) is 46.9. The molecular formula is C56H88O6. The standard InChI is InChI=1S/C56H88O6/c1-4-7-10-13-16-19-22-24-26-28-30-32-34-37-40-43-46-49-55(58)61-52-53(51-60-54(57)48-45-42-39-36-21-18-15-12-9-6-3)62-56(59)50-47-44-41-38-35-33-31-29-27-25-23-20-17-14-11-8-5-2/h7,10,13,16-17,19-20,22,24-28,30-34,38,41,53H,4-6,8-9,11-12,14-15,18,21,23,29,35-37,39-40,42-52H2,1-3H3/b10-7-,16-13-,20-17-,22-19-,26-24-,27-25-,30-28+,33-31-,34-32-,41-38-. The first kappa shape index (κ1) is 57.8. The van der Waals surface area contributed by atoms with E-state index in [0.29, 0.717) is 19.3 Å². The summed E-state index contributed by atoms with van der Waals surface area (Å²) in [6.45, 7) is 6.34. The van der Waals surface area contributed by atoms with Crippen molar-refractivity contribution in [2.24, 2.45) is 0 Å². The Kier molecular flexibility index (Phi) is 46.1. The molecule has 0 radical (unpaired) electrons. The molecule has 0 aromatic carbocycles. The molecular weight excluding hydrogens is 769 g/mol. The van der Waals surface area contributed by atoms with Crippen LogP contribution in [-0.2, 0) is 28.6 Å². The van der Waals surface area contributed by atoms with Gasteiger partial charge in [0.15, 0.2) is 6.10 Å². The van der Waals surface area contributed by atoms with E-state index < -0.39 is 6.10 Å². The fourth-order valence-corrected chi connectivity index (χ4v) is 6.17. The molecule has 0 aromatic heterocycles. The molecule has 0 spiro atoms. The molecule has 0 heterocycles. The van der Waals surface area contributed by atoms with E-state index in [9.17, 15) is 14.4 Å². The minimum absolute atomic E-state index is 0.117. The quantitative estimate of drug-likeness (QED) is 0.0200. The minimum atomic E-state index is -0.825. The number of hydrogen-bond donors (Lipinski definition) is 0. The van der Waals surface area contributed by atoms with Gasteiger partial charge in [0.2, 0.25) is 0 Å². The Hall–Kier alpha value is -4.19. The van der Waals surface area contributed by atoms with Crippen molar-refractivity contribution in [1.82, 2.24) is 0 Å². The number of unbranched alkanes of at least 4 members (excludes halogenated alkanes) is 16. The van der Waals surface area contributed by atoms with Gasteiger partial charge in [0.1, 0.15) is 13.2 Å². The minimum Gasteiger partial charge on any atom is -0.462 e. The highest BCUT2D eigenvalue weighted by Gasteiger charge is 2.19. The first-order chi connectivity index (χ1) is 30.5. The van der Waals surface area contributed by atoms with Crippen LogP contribution >= 0.6 is 0 Å². The Labute approximate surface area is 380 Å². The molecule has 6 heteroatoms. The van der Waals surface area contributed by atoms with Crippen LogP contribution in [0.25, 0.3) is 0 Å². The summed E-state index contributed by atoms with van der Waals surface area (Å²) in [5, 5.41) is 0. The molecule has 0 saturated carbocycles. The summed E-state index contributed by atoms with van der Waals surface area (Å²) >= 11 is 0. The van der Waals surface area contributed by atoms with Crippen molar-refractivity contribution in [2.45, 2.75) is 200 Å². The second kappa shape index (κ2) is 49.5. The lowest BCUT2D eigenvalue weighted by atomic mass is 10.1. The topological polar surface area (TPSA) is 78.9 Å². The largest absolute Gasteiger partial charge is 0.462 e. The Bertz CT molecular complexity index is 1350. The highest BCUT2D eigenvalue weighted by Crippen LogP contribution is 2.13. The first-order valence-corrected chi connectivity index (χ1v) is 24.6. The van der Waals surface area contributed by atoms with Gasteiger partial charge in [0.05, 0.1) is 0 Å². The summed E-state index contributed by atoms with van der Waals surface area (Å²) < 4.78 is 16.7. The van der Waals surface area contributed by atoms with Crippen molar-refractivity contribution < 1.29 is 28.6 Å². The van der Waals surface area contributed by atoms with Gasteiger partial charge in [-0.2, -0.15) is 0 Å². The van der Waals surface area contributed by atoms with Gasteiger partial charge >= 0.3 is 17.9 Å². The van der Waals surface area contributed by atoms with Gasteiger partial charge in [-0.05, 0) is 77.0 Å². The molecule has 62 heavy (non-hydrogen) atoms. The number of rotatable bonds is 42. The van der Waals surface area contributed by atoms with Crippen molar-refractivity contribution in [3.63, 3.8) is 0 Å². The van der Waals surface area contributed by atoms with Gasteiger partial charge in [-0.25, -0.2) is 0 Å². The lowest BCUT2D eigenvalue weighted by Gasteiger charge is -2.18. The Morgan fingerprint density at radius 3 is 1.21 bits per heavy atom. The molecule has 0 rings (SSSR count). The normalized spacial score (nSPS) is 13.1. The molecule has 0 aliphatic heterocycles. The molecule has 0 bridgehead atoms. The van der Waals surface area contributed by atoms with Crippen molar-refractivity contribution in [3.05, 3.63) is 122 Å². The molecule has 0 aliphatic rings.